The Hall–Kier alpha value is -0.214. The molecule has 0 radical (unpaired) electrons. The van der Waals surface area contributed by atoms with Gasteiger partial charge in [0.25, 0.3) is 0 Å². The van der Waals surface area contributed by atoms with Crippen LogP contribution in [0.2, 0.25) is 0 Å². The van der Waals surface area contributed by atoms with Gasteiger partial charge in [0.15, 0.2) is 0 Å². The third kappa shape index (κ3) is 12.9. The Labute approximate surface area is 237 Å². The van der Waals surface area contributed by atoms with Crippen molar-refractivity contribution in [3.05, 3.63) is 54.1 Å². The normalized spacial score (nSPS) is 11.2. The Morgan fingerprint density at radius 2 is 1.25 bits per heavy atom. The van der Waals surface area contributed by atoms with Crippen molar-refractivity contribution >= 4 is 10.1 Å². The Balaban J connectivity index is 0.00000512. The van der Waals surface area contributed by atoms with Crippen molar-refractivity contribution in [2.45, 2.75) is 95.3 Å². The van der Waals surface area contributed by atoms with Gasteiger partial charge in [0.2, 0.25) is 0 Å². The van der Waals surface area contributed by atoms with Gasteiger partial charge in [-0.2, -0.15) is 0 Å². The number of rotatable bonds is 16. The number of aryl methyl sites for hydroxylation is 1. The Morgan fingerprint density at radius 3 is 1.78 bits per heavy atom. The molecular formula is C26H37KO4S. The second kappa shape index (κ2) is 17.3. The van der Waals surface area contributed by atoms with Gasteiger partial charge < -0.3 is 9.29 Å². The first-order valence-electron chi connectivity index (χ1n) is 11.8. The van der Waals surface area contributed by atoms with E-state index in [-0.39, 0.29) is 56.3 Å². The van der Waals surface area contributed by atoms with E-state index in [1.807, 2.05) is 24.3 Å². The molecule has 0 atom stereocenters. The van der Waals surface area contributed by atoms with Crippen LogP contribution in [0.5, 0.6) is 11.5 Å². The Bertz CT molecular complexity index is 850. The molecule has 4 nitrogen and oxygen atoms in total. The SMILES string of the molecule is CCCCCCCCCCCCCCc1ccc(Oc2cccc(S(=O)(=O)[O-])c2)cc1.[K+]. The molecule has 0 heterocycles. The molecule has 0 saturated carbocycles. The van der Waals surface area contributed by atoms with Crippen LogP contribution in [0.15, 0.2) is 53.4 Å². The standard InChI is InChI=1S/C26H38O4S.K/c1-2-3-4-5-6-7-8-9-10-11-12-13-15-23-18-20-24(21-19-23)30-25-16-14-17-26(22-25)31(27,28)29;/h14,16-22H,2-13,15H2,1H3,(H,27,28,29);/q;+1/p-1. The summed E-state index contributed by atoms with van der Waals surface area (Å²) in [6, 6.07) is 13.5. The van der Waals surface area contributed by atoms with E-state index in [0.29, 0.717) is 11.5 Å². The molecular weight excluding hydrogens is 447 g/mol. The van der Waals surface area contributed by atoms with Crippen molar-refractivity contribution in [2.24, 2.45) is 0 Å². The predicted molar refractivity (Wildman–Crippen MR) is 126 cm³/mol. The van der Waals surface area contributed by atoms with Crippen LogP contribution in [0.4, 0.5) is 0 Å². The molecule has 172 valence electrons. The summed E-state index contributed by atoms with van der Waals surface area (Å²) in [4.78, 5) is -0.284. The molecule has 0 bridgehead atoms. The first kappa shape index (κ1) is 29.8. The van der Waals surface area contributed by atoms with Crippen molar-refractivity contribution in [3.8, 4) is 11.5 Å². The maximum absolute atomic E-state index is 11.1. The van der Waals surface area contributed by atoms with Gasteiger partial charge in [-0.3, -0.25) is 0 Å². The fraction of sp³-hybridized carbons (Fsp3) is 0.538. The van der Waals surface area contributed by atoms with Crippen LogP contribution in [0, 0.1) is 0 Å². The quantitative estimate of drug-likeness (QED) is 0.198. The van der Waals surface area contributed by atoms with Crippen LogP contribution in [-0.2, 0) is 16.5 Å². The molecule has 6 heteroatoms. The first-order chi connectivity index (χ1) is 15.0. The van der Waals surface area contributed by atoms with Crippen LogP contribution in [0.3, 0.4) is 0 Å². The molecule has 0 unspecified atom stereocenters. The van der Waals surface area contributed by atoms with Gasteiger partial charge in [0.1, 0.15) is 21.6 Å². The molecule has 0 spiro atoms. The van der Waals surface area contributed by atoms with Gasteiger partial charge in [0, 0.05) is 0 Å². The molecule has 0 fully saturated rings. The summed E-state index contributed by atoms with van der Waals surface area (Å²) < 4.78 is 39.1. The summed E-state index contributed by atoms with van der Waals surface area (Å²) in [6.07, 6.45) is 17.3. The van der Waals surface area contributed by atoms with Crippen molar-refractivity contribution in [1.29, 1.82) is 0 Å². The summed E-state index contributed by atoms with van der Waals surface area (Å²) in [5, 5.41) is 0. The van der Waals surface area contributed by atoms with Crippen molar-refractivity contribution in [3.63, 3.8) is 0 Å². The molecule has 2 rings (SSSR count). The predicted octanol–water partition coefficient (Wildman–Crippen LogP) is 4.63. The molecule has 32 heavy (non-hydrogen) atoms. The summed E-state index contributed by atoms with van der Waals surface area (Å²) in [6.45, 7) is 2.26. The molecule has 0 aliphatic carbocycles. The van der Waals surface area contributed by atoms with Crippen molar-refractivity contribution in [2.75, 3.05) is 0 Å². The van der Waals surface area contributed by atoms with Gasteiger partial charge in [0.05, 0.1) is 4.90 Å². The van der Waals surface area contributed by atoms with Crippen LogP contribution in [0.1, 0.15) is 89.5 Å². The minimum atomic E-state index is -4.48. The Kier molecular flexibility index (Phi) is 16.1. The fourth-order valence-corrected chi connectivity index (χ4v) is 4.23. The number of unbranched alkanes of at least 4 members (excludes halogenated alkanes) is 11. The minimum Gasteiger partial charge on any atom is -0.744 e. The Morgan fingerprint density at radius 1 is 0.719 bits per heavy atom. The first-order valence-corrected chi connectivity index (χ1v) is 13.2. The molecule has 0 aliphatic rings. The average molecular weight is 485 g/mol. The molecule has 0 aromatic heterocycles. The van der Waals surface area contributed by atoms with Crippen molar-refractivity contribution in [1.82, 2.24) is 0 Å². The average Bonchev–Trinajstić information content (AvgIpc) is 2.75. The largest absolute Gasteiger partial charge is 1.00 e. The van der Waals surface area contributed by atoms with Gasteiger partial charge in [-0.1, -0.05) is 95.8 Å². The summed E-state index contributed by atoms with van der Waals surface area (Å²) >= 11 is 0. The number of hydrogen-bond donors (Lipinski definition) is 0. The monoisotopic (exact) mass is 484 g/mol. The molecule has 0 aliphatic heterocycles. The van der Waals surface area contributed by atoms with Crippen LogP contribution < -0.4 is 56.1 Å². The molecule has 0 N–H and O–H groups in total. The maximum atomic E-state index is 11.1. The molecule has 2 aromatic carbocycles. The fourth-order valence-electron chi connectivity index (χ4n) is 3.72. The smallest absolute Gasteiger partial charge is 0.744 e. The van der Waals surface area contributed by atoms with Gasteiger partial charge in [-0.25, -0.2) is 8.42 Å². The van der Waals surface area contributed by atoms with Gasteiger partial charge in [-0.05, 0) is 48.7 Å². The van der Waals surface area contributed by atoms with E-state index in [1.165, 1.54) is 101 Å². The second-order valence-corrected chi connectivity index (χ2v) is 9.69. The maximum Gasteiger partial charge on any atom is 1.00 e. The third-order valence-electron chi connectivity index (χ3n) is 5.57. The zero-order chi connectivity index (χ0) is 22.4. The third-order valence-corrected chi connectivity index (χ3v) is 6.40. The number of hydrogen-bond acceptors (Lipinski definition) is 4. The minimum absolute atomic E-state index is 0. The molecule has 0 amide bonds. The van der Waals surface area contributed by atoms with Gasteiger partial charge >= 0.3 is 51.4 Å². The zero-order valence-corrected chi connectivity index (χ0v) is 23.8. The topological polar surface area (TPSA) is 66.4 Å². The van der Waals surface area contributed by atoms with Crippen LogP contribution >= 0.6 is 0 Å². The van der Waals surface area contributed by atoms with Crippen LogP contribution in [0.25, 0.3) is 0 Å². The van der Waals surface area contributed by atoms with Gasteiger partial charge in [-0.15, -0.1) is 0 Å². The van der Waals surface area contributed by atoms with E-state index in [9.17, 15) is 13.0 Å². The van der Waals surface area contributed by atoms with E-state index in [2.05, 4.69) is 6.92 Å². The van der Waals surface area contributed by atoms with E-state index in [4.69, 9.17) is 4.74 Å². The van der Waals surface area contributed by atoms with E-state index in [0.717, 1.165) is 6.42 Å². The van der Waals surface area contributed by atoms with E-state index in [1.54, 1.807) is 6.07 Å². The van der Waals surface area contributed by atoms with Crippen molar-refractivity contribution < 1.29 is 69.1 Å². The van der Waals surface area contributed by atoms with E-state index >= 15 is 0 Å². The summed E-state index contributed by atoms with van der Waals surface area (Å²) in [7, 11) is -4.48. The summed E-state index contributed by atoms with van der Waals surface area (Å²) in [5.74, 6) is 0.963. The number of benzene rings is 2. The summed E-state index contributed by atoms with van der Waals surface area (Å²) in [5.41, 5.74) is 1.27. The molecule has 2 aromatic rings. The van der Waals surface area contributed by atoms with E-state index < -0.39 is 10.1 Å². The molecule has 0 saturated heterocycles. The number of ether oxygens (including phenoxy) is 1. The second-order valence-electron chi connectivity index (χ2n) is 8.31. The zero-order valence-electron chi connectivity index (χ0n) is 19.9. The van der Waals surface area contributed by atoms with Crippen LogP contribution in [-0.4, -0.2) is 13.0 Å².